The smallest absolute Gasteiger partial charge is 0.392 e. The number of ether oxygens (including phenoxy) is 2. The van der Waals surface area contributed by atoms with Crippen molar-refractivity contribution in [1.82, 2.24) is 9.80 Å². The molecular weight excluding hydrogens is 224 g/mol. The second-order valence-corrected chi connectivity index (χ2v) is 5.09. The topological polar surface area (TPSA) is 59.1 Å². The standard InChI is InChI=1S/C11H14N2O4/c14-9-7-3-1-5-12(7)11(16-9)13-6-2-4-8(13)10(15)17-11/h7-8H,1-6H2. The van der Waals surface area contributed by atoms with Gasteiger partial charge in [-0.3, -0.25) is 9.59 Å². The van der Waals surface area contributed by atoms with Gasteiger partial charge in [-0.15, -0.1) is 0 Å². The van der Waals surface area contributed by atoms with Crippen LogP contribution in [0.3, 0.4) is 0 Å². The van der Waals surface area contributed by atoms with E-state index in [1.54, 1.807) is 0 Å². The zero-order valence-corrected chi connectivity index (χ0v) is 9.42. The van der Waals surface area contributed by atoms with Gasteiger partial charge in [0, 0.05) is 13.1 Å². The van der Waals surface area contributed by atoms with Crippen LogP contribution in [0, 0.1) is 0 Å². The molecule has 4 heterocycles. The fourth-order valence-corrected chi connectivity index (χ4v) is 3.52. The van der Waals surface area contributed by atoms with Gasteiger partial charge in [0.25, 0.3) is 0 Å². The number of carbonyl (C=O) groups is 2. The molecule has 4 aliphatic rings. The van der Waals surface area contributed by atoms with Gasteiger partial charge >= 0.3 is 18.0 Å². The van der Waals surface area contributed by atoms with Gasteiger partial charge in [0.05, 0.1) is 0 Å². The highest BCUT2D eigenvalue weighted by molar-refractivity contribution is 5.82. The van der Waals surface area contributed by atoms with Gasteiger partial charge in [0.15, 0.2) is 0 Å². The van der Waals surface area contributed by atoms with E-state index in [2.05, 4.69) is 0 Å². The fraction of sp³-hybridized carbons (Fsp3) is 0.818. The number of nitrogens with zero attached hydrogens (tertiary/aromatic N) is 2. The van der Waals surface area contributed by atoms with Crippen molar-refractivity contribution in [3.05, 3.63) is 0 Å². The molecule has 0 bridgehead atoms. The molecule has 1 spiro atoms. The first-order chi connectivity index (χ1) is 8.22. The molecule has 0 radical (unpaired) electrons. The Morgan fingerprint density at radius 3 is 1.88 bits per heavy atom. The number of hydrogen-bond donors (Lipinski definition) is 0. The van der Waals surface area contributed by atoms with Crippen molar-refractivity contribution in [1.29, 1.82) is 0 Å². The first-order valence-corrected chi connectivity index (χ1v) is 6.21. The summed E-state index contributed by atoms with van der Waals surface area (Å²) in [4.78, 5) is 27.5. The Morgan fingerprint density at radius 1 is 0.941 bits per heavy atom. The van der Waals surface area contributed by atoms with E-state index in [1.807, 2.05) is 9.80 Å². The quantitative estimate of drug-likeness (QED) is 0.537. The van der Waals surface area contributed by atoms with E-state index >= 15 is 0 Å². The van der Waals surface area contributed by atoms with Crippen LogP contribution < -0.4 is 0 Å². The number of fused-ring (bicyclic) bond motifs is 4. The molecule has 4 saturated heterocycles. The highest BCUT2D eigenvalue weighted by atomic mass is 16.8. The maximum atomic E-state index is 11.8. The van der Waals surface area contributed by atoms with Crippen LogP contribution in [0.4, 0.5) is 0 Å². The van der Waals surface area contributed by atoms with Gasteiger partial charge in [-0.2, -0.15) is 0 Å². The average molecular weight is 238 g/mol. The Balaban J connectivity index is 1.77. The van der Waals surface area contributed by atoms with Crippen LogP contribution in [-0.2, 0) is 19.1 Å². The molecule has 6 heteroatoms. The molecule has 2 atom stereocenters. The zero-order chi connectivity index (χ0) is 11.6. The zero-order valence-electron chi connectivity index (χ0n) is 9.42. The summed E-state index contributed by atoms with van der Waals surface area (Å²) in [6.07, 6.45) is 3.52. The van der Waals surface area contributed by atoms with Crippen molar-refractivity contribution in [3.8, 4) is 0 Å². The lowest BCUT2D eigenvalue weighted by atomic mass is 10.2. The monoisotopic (exact) mass is 238 g/mol. The van der Waals surface area contributed by atoms with Gasteiger partial charge in [-0.05, 0) is 25.7 Å². The van der Waals surface area contributed by atoms with Crippen molar-refractivity contribution >= 4 is 11.9 Å². The predicted molar refractivity (Wildman–Crippen MR) is 54.4 cm³/mol. The van der Waals surface area contributed by atoms with E-state index in [-0.39, 0.29) is 24.0 Å². The third kappa shape index (κ3) is 1.03. The number of esters is 2. The van der Waals surface area contributed by atoms with E-state index < -0.39 is 6.03 Å². The summed E-state index contributed by atoms with van der Waals surface area (Å²) in [6.45, 7) is 1.51. The molecule has 6 nitrogen and oxygen atoms in total. The van der Waals surface area contributed by atoms with Crippen molar-refractivity contribution in [2.45, 2.75) is 43.8 Å². The molecule has 4 fully saturated rings. The Bertz CT molecular complexity index is 372. The van der Waals surface area contributed by atoms with E-state index in [1.165, 1.54) is 0 Å². The third-order valence-corrected chi connectivity index (χ3v) is 4.24. The number of rotatable bonds is 0. The van der Waals surface area contributed by atoms with Crippen LogP contribution in [0.2, 0.25) is 0 Å². The van der Waals surface area contributed by atoms with E-state index in [4.69, 9.17) is 9.47 Å². The number of carbonyl (C=O) groups excluding carboxylic acids is 2. The van der Waals surface area contributed by atoms with Crippen LogP contribution in [0.25, 0.3) is 0 Å². The molecule has 0 aliphatic carbocycles. The summed E-state index contributed by atoms with van der Waals surface area (Å²) in [5.74, 6) is -0.495. The fourth-order valence-electron chi connectivity index (χ4n) is 3.52. The van der Waals surface area contributed by atoms with Crippen molar-refractivity contribution < 1.29 is 19.1 Å². The summed E-state index contributed by atoms with van der Waals surface area (Å²) in [5.41, 5.74) is 0. The normalized spacial score (nSPS) is 45.2. The molecule has 0 aromatic carbocycles. The number of hydrogen-bond acceptors (Lipinski definition) is 6. The molecule has 17 heavy (non-hydrogen) atoms. The molecule has 0 saturated carbocycles. The van der Waals surface area contributed by atoms with E-state index in [9.17, 15) is 9.59 Å². The van der Waals surface area contributed by atoms with E-state index in [0.717, 1.165) is 38.8 Å². The van der Waals surface area contributed by atoms with Crippen molar-refractivity contribution in [2.24, 2.45) is 0 Å². The SMILES string of the molecule is O=C1OC2(OC(=O)C3CCCN32)N2CCCC12. The highest BCUT2D eigenvalue weighted by Gasteiger charge is 2.68. The Kier molecular flexibility index (Phi) is 1.74. The lowest BCUT2D eigenvalue weighted by Crippen LogP contribution is -2.56. The lowest BCUT2D eigenvalue weighted by Gasteiger charge is -2.34. The Hall–Kier alpha value is -1.14. The molecular formula is C11H14N2O4. The molecule has 0 aromatic heterocycles. The molecule has 4 rings (SSSR count). The van der Waals surface area contributed by atoms with Crippen molar-refractivity contribution in [2.75, 3.05) is 13.1 Å². The minimum absolute atomic E-state index is 0.220. The third-order valence-electron chi connectivity index (χ3n) is 4.24. The second kappa shape index (κ2) is 3.00. The maximum absolute atomic E-state index is 11.8. The van der Waals surface area contributed by atoms with Gasteiger partial charge in [-0.25, -0.2) is 9.80 Å². The summed E-state index contributed by atoms with van der Waals surface area (Å²) < 4.78 is 10.9. The minimum Gasteiger partial charge on any atom is -0.393 e. The van der Waals surface area contributed by atoms with Crippen LogP contribution in [0.5, 0.6) is 0 Å². The Morgan fingerprint density at radius 2 is 1.41 bits per heavy atom. The summed E-state index contributed by atoms with van der Waals surface area (Å²) in [6, 6.07) is -1.64. The van der Waals surface area contributed by atoms with E-state index in [0.29, 0.717) is 0 Å². The predicted octanol–water partition coefficient (Wildman–Crippen LogP) is -0.360. The summed E-state index contributed by atoms with van der Waals surface area (Å²) in [5, 5.41) is 0. The minimum atomic E-state index is -1.20. The molecule has 0 amide bonds. The first kappa shape index (κ1) is 9.85. The van der Waals surface area contributed by atoms with Crippen LogP contribution in [-0.4, -0.2) is 52.9 Å². The van der Waals surface area contributed by atoms with Gasteiger partial charge in [0.1, 0.15) is 12.1 Å². The van der Waals surface area contributed by atoms with Crippen LogP contribution in [0.15, 0.2) is 0 Å². The highest BCUT2D eigenvalue weighted by Crippen LogP contribution is 2.46. The molecule has 0 aromatic rings. The van der Waals surface area contributed by atoms with Crippen LogP contribution >= 0.6 is 0 Å². The Labute approximate surface area is 98.4 Å². The molecule has 4 aliphatic heterocycles. The molecule has 0 N–H and O–H groups in total. The largest absolute Gasteiger partial charge is 0.393 e. The van der Waals surface area contributed by atoms with Crippen LogP contribution in [0.1, 0.15) is 25.7 Å². The van der Waals surface area contributed by atoms with Gasteiger partial charge in [-0.1, -0.05) is 0 Å². The van der Waals surface area contributed by atoms with Gasteiger partial charge < -0.3 is 9.47 Å². The molecule has 2 unspecified atom stereocenters. The second-order valence-electron chi connectivity index (χ2n) is 5.09. The van der Waals surface area contributed by atoms with Gasteiger partial charge in [0.2, 0.25) is 0 Å². The average Bonchev–Trinajstić information content (AvgIpc) is 2.99. The lowest BCUT2D eigenvalue weighted by molar-refractivity contribution is -0.298. The summed E-state index contributed by atoms with van der Waals surface area (Å²) >= 11 is 0. The summed E-state index contributed by atoms with van der Waals surface area (Å²) in [7, 11) is 0. The maximum Gasteiger partial charge on any atom is 0.392 e. The van der Waals surface area contributed by atoms with Crippen molar-refractivity contribution in [3.63, 3.8) is 0 Å². The first-order valence-electron chi connectivity index (χ1n) is 6.21. The molecule has 92 valence electrons.